The van der Waals surface area contributed by atoms with Crippen LogP contribution in [0.3, 0.4) is 0 Å². The third-order valence-electron chi connectivity index (χ3n) is 2.17. The monoisotopic (exact) mass is 315 g/mol. The maximum absolute atomic E-state index is 6.07. The molecule has 0 aliphatic rings. The van der Waals surface area contributed by atoms with E-state index >= 15 is 0 Å². The first kappa shape index (κ1) is 12.5. The van der Waals surface area contributed by atoms with Crippen molar-refractivity contribution in [2.75, 3.05) is 0 Å². The van der Waals surface area contributed by atoms with Crippen molar-refractivity contribution in [1.82, 2.24) is 15.5 Å². The Morgan fingerprint density at radius 2 is 2.24 bits per heavy atom. The Kier molecular flexibility index (Phi) is 4.15. The molecule has 0 aliphatic heterocycles. The maximum atomic E-state index is 6.07. The summed E-state index contributed by atoms with van der Waals surface area (Å²) in [6, 6.07) is 5.75. The topological polar surface area (TPSA) is 51.0 Å². The number of nitrogens with zero attached hydrogens (tertiary/aromatic N) is 2. The molecule has 1 heterocycles. The fraction of sp³-hybridized carbons (Fsp3) is 0.273. The number of halogens is 2. The quantitative estimate of drug-likeness (QED) is 0.942. The molecular formula is C11H11BrClN3O. The van der Waals surface area contributed by atoms with Gasteiger partial charge in [0.25, 0.3) is 0 Å². The Bertz CT molecular complexity index is 515. The molecule has 2 rings (SSSR count). The lowest BCUT2D eigenvalue weighted by Gasteiger charge is -2.05. The van der Waals surface area contributed by atoms with Crippen LogP contribution in [-0.4, -0.2) is 10.1 Å². The summed E-state index contributed by atoms with van der Waals surface area (Å²) in [5.74, 6) is 1.22. The van der Waals surface area contributed by atoms with Gasteiger partial charge in [0.05, 0.1) is 6.54 Å². The van der Waals surface area contributed by atoms with E-state index in [0.717, 1.165) is 15.1 Å². The SMILES string of the molecule is Cc1noc(CNCc2cc(Br)ccc2Cl)n1. The van der Waals surface area contributed by atoms with E-state index in [1.54, 1.807) is 6.92 Å². The van der Waals surface area contributed by atoms with Crippen molar-refractivity contribution in [3.8, 4) is 0 Å². The Hall–Kier alpha value is -0.910. The van der Waals surface area contributed by atoms with Gasteiger partial charge in [-0.25, -0.2) is 0 Å². The molecular weight excluding hydrogens is 305 g/mol. The van der Waals surface area contributed by atoms with Gasteiger partial charge in [-0.2, -0.15) is 4.98 Å². The molecule has 4 nitrogen and oxygen atoms in total. The minimum absolute atomic E-state index is 0.531. The molecule has 0 bridgehead atoms. The first-order chi connectivity index (χ1) is 8.15. The van der Waals surface area contributed by atoms with Gasteiger partial charge in [-0.15, -0.1) is 0 Å². The molecule has 0 amide bonds. The minimum atomic E-state index is 0.531. The molecule has 0 radical (unpaired) electrons. The fourth-order valence-electron chi connectivity index (χ4n) is 1.39. The Labute approximate surface area is 112 Å². The number of hydrogen-bond donors (Lipinski definition) is 1. The van der Waals surface area contributed by atoms with Crippen LogP contribution < -0.4 is 5.32 Å². The average Bonchev–Trinajstić information content (AvgIpc) is 2.69. The fourth-order valence-corrected chi connectivity index (χ4v) is 1.99. The molecule has 0 saturated carbocycles. The predicted molar refractivity (Wildman–Crippen MR) is 68.7 cm³/mol. The van der Waals surface area contributed by atoms with E-state index in [1.165, 1.54) is 0 Å². The van der Waals surface area contributed by atoms with Crippen molar-refractivity contribution in [3.05, 3.63) is 45.0 Å². The van der Waals surface area contributed by atoms with Gasteiger partial charge in [-0.3, -0.25) is 0 Å². The van der Waals surface area contributed by atoms with E-state index < -0.39 is 0 Å². The normalized spacial score (nSPS) is 10.8. The van der Waals surface area contributed by atoms with Gasteiger partial charge < -0.3 is 9.84 Å². The minimum Gasteiger partial charge on any atom is -0.338 e. The standard InChI is InChI=1S/C11H11BrClN3O/c1-7-15-11(17-16-7)6-14-5-8-4-9(12)2-3-10(8)13/h2-4,14H,5-6H2,1H3. The Morgan fingerprint density at radius 1 is 1.41 bits per heavy atom. The summed E-state index contributed by atoms with van der Waals surface area (Å²) >= 11 is 9.48. The van der Waals surface area contributed by atoms with Crippen molar-refractivity contribution in [2.24, 2.45) is 0 Å². The molecule has 1 aromatic heterocycles. The number of rotatable bonds is 4. The molecule has 0 spiro atoms. The molecule has 1 aromatic carbocycles. The van der Waals surface area contributed by atoms with Crippen LogP contribution >= 0.6 is 27.5 Å². The second-order valence-corrected chi connectivity index (χ2v) is 4.90. The molecule has 0 atom stereocenters. The lowest BCUT2D eigenvalue weighted by Crippen LogP contribution is -2.13. The summed E-state index contributed by atoms with van der Waals surface area (Å²) in [5, 5.41) is 7.65. The van der Waals surface area contributed by atoms with Crippen molar-refractivity contribution in [2.45, 2.75) is 20.0 Å². The summed E-state index contributed by atoms with van der Waals surface area (Å²) in [4.78, 5) is 4.10. The lowest BCUT2D eigenvalue weighted by molar-refractivity contribution is 0.364. The van der Waals surface area contributed by atoms with Crippen molar-refractivity contribution >= 4 is 27.5 Å². The number of aromatic nitrogens is 2. The number of nitrogens with one attached hydrogen (secondary N) is 1. The van der Waals surface area contributed by atoms with Crippen LogP contribution in [0.5, 0.6) is 0 Å². The second kappa shape index (κ2) is 5.62. The van der Waals surface area contributed by atoms with Crippen LogP contribution in [0.15, 0.2) is 27.2 Å². The molecule has 17 heavy (non-hydrogen) atoms. The molecule has 90 valence electrons. The van der Waals surface area contributed by atoms with Crippen molar-refractivity contribution < 1.29 is 4.52 Å². The van der Waals surface area contributed by atoms with E-state index in [1.807, 2.05) is 18.2 Å². The van der Waals surface area contributed by atoms with Gasteiger partial charge in [0.2, 0.25) is 5.89 Å². The second-order valence-electron chi connectivity index (χ2n) is 3.57. The first-order valence-electron chi connectivity index (χ1n) is 5.09. The van der Waals surface area contributed by atoms with E-state index in [2.05, 4.69) is 31.4 Å². The highest BCUT2D eigenvalue weighted by Gasteiger charge is 2.04. The molecule has 1 N–H and O–H groups in total. The Balaban J connectivity index is 1.91. The van der Waals surface area contributed by atoms with Gasteiger partial charge >= 0.3 is 0 Å². The van der Waals surface area contributed by atoms with Gasteiger partial charge in [0.1, 0.15) is 0 Å². The summed E-state index contributed by atoms with van der Waals surface area (Å²) in [6.45, 7) is 2.97. The van der Waals surface area contributed by atoms with E-state index in [-0.39, 0.29) is 0 Å². The Morgan fingerprint density at radius 3 is 2.94 bits per heavy atom. The zero-order chi connectivity index (χ0) is 12.3. The summed E-state index contributed by atoms with van der Waals surface area (Å²) in [5.41, 5.74) is 1.03. The molecule has 0 fully saturated rings. The van der Waals surface area contributed by atoms with Crippen molar-refractivity contribution in [3.63, 3.8) is 0 Å². The summed E-state index contributed by atoms with van der Waals surface area (Å²) in [7, 11) is 0. The van der Waals surface area contributed by atoms with Crippen LogP contribution in [0.1, 0.15) is 17.3 Å². The third kappa shape index (κ3) is 3.52. The summed E-state index contributed by atoms with van der Waals surface area (Å²) in [6.07, 6.45) is 0. The largest absolute Gasteiger partial charge is 0.338 e. The van der Waals surface area contributed by atoms with E-state index in [9.17, 15) is 0 Å². The highest BCUT2D eigenvalue weighted by molar-refractivity contribution is 9.10. The van der Waals surface area contributed by atoms with Crippen LogP contribution in [0, 0.1) is 6.92 Å². The highest BCUT2D eigenvalue weighted by Crippen LogP contribution is 2.20. The predicted octanol–water partition coefficient (Wildman–Crippen LogP) is 3.08. The highest BCUT2D eigenvalue weighted by atomic mass is 79.9. The number of aryl methyl sites for hydroxylation is 1. The van der Waals surface area contributed by atoms with Gasteiger partial charge in [-0.05, 0) is 30.7 Å². The number of benzene rings is 1. The van der Waals surface area contributed by atoms with E-state index in [4.69, 9.17) is 16.1 Å². The molecule has 0 aliphatic carbocycles. The number of hydrogen-bond acceptors (Lipinski definition) is 4. The maximum Gasteiger partial charge on any atom is 0.240 e. The summed E-state index contributed by atoms with van der Waals surface area (Å²) < 4.78 is 6.00. The van der Waals surface area contributed by atoms with Crippen LogP contribution in [0.25, 0.3) is 0 Å². The molecule has 0 saturated heterocycles. The van der Waals surface area contributed by atoms with Crippen LogP contribution in [0.2, 0.25) is 5.02 Å². The lowest BCUT2D eigenvalue weighted by atomic mass is 10.2. The van der Waals surface area contributed by atoms with Crippen LogP contribution in [-0.2, 0) is 13.1 Å². The van der Waals surface area contributed by atoms with Gasteiger partial charge in [0, 0.05) is 16.0 Å². The third-order valence-corrected chi connectivity index (χ3v) is 3.03. The first-order valence-corrected chi connectivity index (χ1v) is 6.26. The van der Waals surface area contributed by atoms with Crippen LogP contribution in [0.4, 0.5) is 0 Å². The molecule has 2 aromatic rings. The zero-order valence-electron chi connectivity index (χ0n) is 9.20. The van der Waals surface area contributed by atoms with Crippen molar-refractivity contribution in [1.29, 1.82) is 0 Å². The van der Waals surface area contributed by atoms with Gasteiger partial charge in [0.15, 0.2) is 5.82 Å². The zero-order valence-corrected chi connectivity index (χ0v) is 11.5. The smallest absolute Gasteiger partial charge is 0.240 e. The van der Waals surface area contributed by atoms with Gasteiger partial charge in [-0.1, -0.05) is 32.7 Å². The molecule has 6 heteroatoms. The molecule has 0 unspecified atom stereocenters. The average molecular weight is 317 g/mol. The van der Waals surface area contributed by atoms with E-state index in [0.29, 0.717) is 24.8 Å².